The van der Waals surface area contributed by atoms with Crippen molar-refractivity contribution in [3.8, 4) is 34.0 Å². The van der Waals surface area contributed by atoms with Gasteiger partial charge in [0.25, 0.3) is 0 Å². The fourth-order valence-electron chi connectivity index (χ4n) is 3.92. The van der Waals surface area contributed by atoms with E-state index in [1.165, 1.54) is 38.5 Å². The van der Waals surface area contributed by atoms with Crippen LogP contribution in [0.4, 0.5) is 4.79 Å². The maximum absolute atomic E-state index is 11.8. The van der Waals surface area contributed by atoms with Crippen LogP contribution in [-0.4, -0.2) is 34.7 Å². The molecular weight excluding hydrogens is 500 g/mol. The van der Waals surface area contributed by atoms with Gasteiger partial charge in [0, 0.05) is 10.9 Å². The Bertz CT molecular complexity index is 1070. The summed E-state index contributed by atoms with van der Waals surface area (Å²) in [5.41, 5.74) is 2.96. The van der Waals surface area contributed by atoms with Gasteiger partial charge in [0.15, 0.2) is 11.6 Å². The Morgan fingerprint density at radius 3 is 1.97 bits per heavy atom. The first-order chi connectivity index (χ1) is 18.6. The Labute approximate surface area is 231 Å². The van der Waals surface area contributed by atoms with Crippen LogP contribution in [-0.2, 0) is 4.74 Å². The first-order valence-corrected chi connectivity index (χ1v) is 14.2. The van der Waals surface area contributed by atoms with Crippen LogP contribution in [0.25, 0.3) is 22.5 Å². The highest BCUT2D eigenvalue weighted by Gasteiger charge is 2.09. The number of hydrogen-bond donors (Lipinski definition) is 0. The topological polar surface area (TPSA) is 70.5 Å². The second-order valence-electron chi connectivity index (χ2n) is 9.31. The number of nitrogens with zero attached hydrogens (tertiary/aromatic N) is 2. The van der Waals surface area contributed by atoms with E-state index in [2.05, 4.69) is 16.9 Å². The minimum Gasteiger partial charge on any atom is -0.490 e. The van der Waals surface area contributed by atoms with Crippen molar-refractivity contribution in [3.05, 3.63) is 60.9 Å². The van der Waals surface area contributed by atoms with E-state index in [1.807, 2.05) is 43.3 Å². The van der Waals surface area contributed by atoms with E-state index < -0.39 is 6.16 Å². The average molecular weight is 539 g/mol. The molecule has 0 saturated carbocycles. The molecule has 1 heterocycles. The maximum Gasteiger partial charge on any atom is 0.513 e. The summed E-state index contributed by atoms with van der Waals surface area (Å²) in [6, 6.07) is 15.3. The van der Waals surface area contributed by atoms with E-state index in [-0.39, 0.29) is 12.0 Å². The fourth-order valence-corrected chi connectivity index (χ4v) is 4.01. The molecule has 1 aromatic heterocycles. The van der Waals surface area contributed by atoms with Crippen molar-refractivity contribution >= 4 is 17.8 Å². The van der Waals surface area contributed by atoms with Crippen molar-refractivity contribution in [1.29, 1.82) is 0 Å². The molecule has 204 valence electrons. The summed E-state index contributed by atoms with van der Waals surface area (Å²) in [6.07, 6.45) is 13.0. The molecule has 0 aliphatic carbocycles. The summed E-state index contributed by atoms with van der Waals surface area (Å²) in [4.78, 5) is 20.8. The maximum atomic E-state index is 11.8. The van der Waals surface area contributed by atoms with E-state index in [1.54, 1.807) is 24.5 Å². The van der Waals surface area contributed by atoms with Crippen LogP contribution in [0.3, 0.4) is 0 Å². The zero-order valence-electron chi connectivity index (χ0n) is 22.5. The monoisotopic (exact) mass is 538 g/mol. The molecule has 3 aromatic rings. The Hall–Kier alpha value is -3.12. The van der Waals surface area contributed by atoms with E-state index in [9.17, 15) is 4.79 Å². The van der Waals surface area contributed by atoms with E-state index in [4.69, 9.17) is 25.8 Å². The van der Waals surface area contributed by atoms with Gasteiger partial charge in [0.05, 0.1) is 25.6 Å². The molecule has 0 radical (unpaired) electrons. The van der Waals surface area contributed by atoms with Crippen LogP contribution in [0.15, 0.2) is 60.9 Å². The van der Waals surface area contributed by atoms with E-state index in [0.717, 1.165) is 29.5 Å². The van der Waals surface area contributed by atoms with Gasteiger partial charge in [-0.3, -0.25) is 0 Å². The third kappa shape index (κ3) is 10.3. The molecule has 0 N–H and O–H groups in total. The van der Waals surface area contributed by atoms with Crippen molar-refractivity contribution in [2.45, 2.75) is 77.0 Å². The number of alkyl halides is 1. The number of benzene rings is 2. The molecule has 0 amide bonds. The Kier molecular flexibility index (Phi) is 12.9. The summed E-state index contributed by atoms with van der Waals surface area (Å²) >= 11 is 6.03. The van der Waals surface area contributed by atoms with Crippen LogP contribution in [0.2, 0.25) is 0 Å². The molecular formula is C31H39ClN2O4. The Balaban J connectivity index is 1.44. The summed E-state index contributed by atoms with van der Waals surface area (Å²) in [7, 11) is 0. The van der Waals surface area contributed by atoms with Crippen LogP contribution in [0.1, 0.15) is 71.6 Å². The summed E-state index contributed by atoms with van der Waals surface area (Å²) < 4.78 is 16.1. The number of unbranched alkanes of at least 4 members (excludes halogenated alkanes) is 6. The van der Waals surface area contributed by atoms with Gasteiger partial charge in [-0.25, -0.2) is 14.8 Å². The van der Waals surface area contributed by atoms with Gasteiger partial charge in [-0.2, -0.15) is 0 Å². The summed E-state index contributed by atoms with van der Waals surface area (Å²) in [6.45, 7) is 5.17. The summed E-state index contributed by atoms with van der Waals surface area (Å²) in [5.74, 6) is 1.78. The van der Waals surface area contributed by atoms with Crippen molar-refractivity contribution < 1.29 is 19.0 Å². The lowest BCUT2D eigenvalue weighted by molar-refractivity contribution is 0.0977. The lowest BCUT2D eigenvalue weighted by atomic mass is 10.0. The van der Waals surface area contributed by atoms with Gasteiger partial charge in [0.1, 0.15) is 5.75 Å². The molecule has 1 atom stereocenters. The smallest absolute Gasteiger partial charge is 0.490 e. The third-order valence-corrected chi connectivity index (χ3v) is 6.80. The molecule has 0 aliphatic heterocycles. The van der Waals surface area contributed by atoms with Crippen LogP contribution in [0.5, 0.6) is 11.5 Å². The predicted molar refractivity (Wildman–Crippen MR) is 153 cm³/mol. The first kappa shape index (κ1) is 29.4. The predicted octanol–water partition coefficient (Wildman–Crippen LogP) is 8.86. The second-order valence-corrected chi connectivity index (χ2v) is 9.93. The van der Waals surface area contributed by atoms with Gasteiger partial charge < -0.3 is 14.2 Å². The second kappa shape index (κ2) is 16.7. The highest BCUT2D eigenvalue weighted by molar-refractivity contribution is 6.20. The normalized spacial score (nSPS) is 11.7. The van der Waals surface area contributed by atoms with Crippen LogP contribution < -0.4 is 9.47 Å². The molecule has 0 bridgehead atoms. The molecule has 0 saturated heterocycles. The Morgan fingerprint density at radius 1 is 0.763 bits per heavy atom. The Morgan fingerprint density at radius 2 is 1.34 bits per heavy atom. The molecule has 1 unspecified atom stereocenters. The SMILES string of the molecule is CCCCCCCCCOc1cnc(-c2ccc(-c3ccc(OC(=O)OCCC(Cl)CC)cc3)cc2)nc1. The van der Waals surface area contributed by atoms with E-state index >= 15 is 0 Å². The van der Waals surface area contributed by atoms with Gasteiger partial charge in [-0.1, -0.05) is 88.8 Å². The largest absolute Gasteiger partial charge is 0.513 e. The zero-order chi connectivity index (χ0) is 27.0. The number of carbonyl (C=O) groups is 1. The first-order valence-electron chi connectivity index (χ1n) is 13.7. The lowest BCUT2D eigenvalue weighted by Crippen LogP contribution is -2.13. The fraction of sp³-hybridized carbons (Fsp3) is 0.452. The highest BCUT2D eigenvalue weighted by Crippen LogP contribution is 2.25. The molecule has 0 aliphatic rings. The number of aromatic nitrogens is 2. The minimum atomic E-state index is -0.726. The van der Waals surface area contributed by atoms with Gasteiger partial charge in [0.2, 0.25) is 0 Å². The summed E-state index contributed by atoms with van der Waals surface area (Å²) in [5, 5.41) is -0.00190. The van der Waals surface area contributed by atoms with Crippen LogP contribution in [0, 0.1) is 0 Å². The van der Waals surface area contributed by atoms with Crippen LogP contribution >= 0.6 is 11.6 Å². The van der Waals surface area contributed by atoms with Gasteiger partial charge in [-0.05, 0) is 42.5 Å². The number of hydrogen-bond acceptors (Lipinski definition) is 6. The molecule has 0 fully saturated rings. The molecule has 6 nitrogen and oxygen atoms in total. The van der Waals surface area contributed by atoms with Crippen molar-refractivity contribution in [2.24, 2.45) is 0 Å². The number of halogens is 1. The number of carbonyl (C=O) groups excluding carboxylic acids is 1. The average Bonchev–Trinajstić information content (AvgIpc) is 2.95. The minimum absolute atomic E-state index is 0.00190. The van der Waals surface area contributed by atoms with Crippen molar-refractivity contribution in [2.75, 3.05) is 13.2 Å². The van der Waals surface area contributed by atoms with Crippen molar-refractivity contribution in [3.63, 3.8) is 0 Å². The third-order valence-electron chi connectivity index (χ3n) is 6.27. The van der Waals surface area contributed by atoms with Gasteiger partial charge >= 0.3 is 6.16 Å². The quantitative estimate of drug-likeness (QED) is 0.0784. The van der Waals surface area contributed by atoms with Gasteiger partial charge in [-0.15, -0.1) is 11.6 Å². The lowest BCUT2D eigenvalue weighted by Gasteiger charge is -2.09. The standard InChI is InChI=1S/C31H39ClN2O4/c1-3-5-6-7-8-9-10-20-36-29-22-33-30(34-23-29)26-13-11-24(12-14-26)25-15-17-28(18-16-25)38-31(35)37-21-19-27(32)4-2/h11-18,22-23,27H,3-10,19-21H2,1-2H3. The number of ether oxygens (including phenoxy) is 3. The van der Waals surface area contributed by atoms with Crippen molar-refractivity contribution in [1.82, 2.24) is 9.97 Å². The zero-order valence-corrected chi connectivity index (χ0v) is 23.3. The molecule has 7 heteroatoms. The molecule has 0 spiro atoms. The highest BCUT2D eigenvalue weighted by atomic mass is 35.5. The molecule has 38 heavy (non-hydrogen) atoms. The molecule has 2 aromatic carbocycles. The number of rotatable bonds is 16. The van der Waals surface area contributed by atoms with E-state index in [0.29, 0.717) is 30.4 Å². The molecule has 3 rings (SSSR count).